The van der Waals surface area contributed by atoms with Crippen molar-refractivity contribution >= 4 is 11.0 Å². The summed E-state index contributed by atoms with van der Waals surface area (Å²) in [5, 5.41) is 134. The van der Waals surface area contributed by atoms with Crippen LogP contribution in [0, 0.1) is 0 Å². The summed E-state index contributed by atoms with van der Waals surface area (Å²) >= 11 is 0. The second kappa shape index (κ2) is 15.2. The monoisotopic (exact) mass is 772 g/mol. The van der Waals surface area contributed by atoms with Gasteiger partial charge in [-0.1, -0.05) is 0 Å². The zero-order valence-corrected chi connectivity index (χ0v) is 28.3. The first kappa shape index (κ1) is 39.6. The molecule has 13 N–H and O–H groups in total. The first-order chi connectivity index (χ1) is 25.4. The summed E-state index contributed by atoms with van der Waals surface area (Å²) < 4.78 is 39.1. The van der Waals surface area contributed by atoms with Gasteiger partial charge in [0.05, 0.1) is 18.8 Å². The van der Waals surface area contributed by atoms with Gasteiger partial charge in [-0.05, 0) is 26.0 Å². The first-order valence-electron chi connectivity index (χ1n) is 16.5. The topological polar surface area (TPSA) is 349 Å². The fraction of sp³-hybridized carbons (Fsp3) is 0.545. The highest BCUT2D eigenvalue weighted by atomic mass is 16.7. The minimum absolute atomic E-state index is 0.284. The van der Waals surface area contributed by atoms with E-state index in [0.717, 1.165) is 24.3 Å². The second-order valence-corrected chi connectivity index (χ2v) is 13.2. The number of hydrogen-bond acceptors (Lipinski definition) is 21. The molecule has 1 aromatic heterocycles. The second-order valence-electron chi connectivity index (χ2n) is 13.2. The van der Waals surface area contributed by atoms with Crippen molar-refractivity contribution in [2.24, 2.45) is 0 Å². The maximum Gasteiger partial charge on any atom is 0.239 e. The minimum Gasteiger partial charge on any atom is -0.507 e. The molecule has 21 nitrogen and oxygen atoms in total. The van der Waals surface area contributed by atoms with E-state index in [1.165, 1.54) is 13.8 Å². The molecule has 298 valence electrons. The van der Waals surface area contributed by atoms with Crippen LogP contribution in [0.1, 0.15) is 13.8 Å². The molecule has 6 rings (SSSR count). The van der Waals surface area contributed by atoms with Crippen molar-refractivity contribution in [3.63, 3.8) is 0 Å². The highest BCUT2D eigenvalue weighted by Gasteiger charge is 2.48. The van der Waals surface area contributed by atoms with Gasteiger partial charge in [-0.3, -0.25) is 4.79 Å². The van der Waals surface area contributed by atoms with Crippen molar-refractivity contribution in [1.29, 1.82) is 0 Å². The molecule has 0 saturated carbocycles. The van der Waals surface area contributed by atoms with Gasteiger partial charge in [0.2, 0.25) is 23.8 Å². The van der Waals surface area contributed by atoms with Gasteiger partial charge in [-0.15, -0.1) is 0 Å². The van der Waals surface area contributed by atoms with Gasteiger partial charge in [0.25, 0.3) is 0 Å². The van der Waals surface area contributed by atoms with Crippen molar-refractivity contribution in [1.82, 2.24) is 0 Å². The van der Waals surface area contributed by atoms with E-state index in [0.29, 0.717) is 0 Å². The number of hydrogen-bond donors (Lipinski definition) is 13. The molecule has 3 aromatic rings. The Balaban J connectivity index is 1.35. The van der Waals surface area contributed by atoms with Gasteiger partial charge in [-0.25, -0.2) is 0 Å². The van der Waals surface area contributed by atoms with Crippen molar-refractivity contribution in [2.45, 2.75) is 106 Å². The molecule has 3 aliphatic rings. The molecule has 3 saturated heterocycles. The van der Waals surface area contributed by atoms with Crippen molar-refractivity contribution in [2.75, 3.05) is 6.61 Å². The Morgan fingerprint density at radius 2 is 1.11 bits per heavy atom. The highest BCUT2D eigenvalue weighted by Crippen LogP contribution is 2.43. The third-order valence-electron chi connectivity index (χ3n) is 9.43. The lowest BCUT2D eigenvalue weighted by Crippen LogP contribution is -2.61. The highest BCUT2D eigenvalue weighted by molar-refractivity contribution is 5.88. The average Bonchev–Trinajstić information content (AvgIpc) is 3.13. The normalized spacial score (nSPS) is 37.3. The number of rotatable bonds is 8. The summed E-state index contributed by atoms with van der Waals surface area (Å²) in [4.78, 5) is 14.1. The molecule has 2 aromatic carbocycles. The van der Waals surface area contributed by atoms with Crippen LogP contribution < -0.4 is 14.9 Å². The van der Waals surface area contributed by atoms with E-state index in [1.807, 2.05) is 0 Å². The molecule has 0 aliphatic carbocycles. The largest absolute Gasteiger partial charge is 0.507 e. The van der Waals surface area contributed by atoms with Gasteiger partial charge < -0.3 is 99.2 Å². The maximum absolute atomic E-state index is 14.1. The van der Waals surface area contributed by atoms with Crippen LogP contribution in [-0.2, 0) is 18.9 Å². The van der Waals surface area contributed by atoms with Crippen LogP contribution >= 0.6 is 0 Å². The van der Waals surface area contributed by atoms with E-state index in [9.17, 15) is 71.2 Å². The van der Waals surface area contributed by atoms with E-state index in [4.69, 9.17) is 32.8 Å². The van der Waals surface area contributed by atoms with Crippen LogP contribution in [-0.4, -0.2) is 165 Å². The average molecular weight is 773 g/mol. The van der Waals surface area contributed by atoms with Crippen LogP contribution in [0.25, 0.3) is 22.3 Å². The molecule has 54 heavy (non-hydrogen) atoms. The van der Waals surface area contributed by atoms with E-state index in [2.05, 4.69) is 0 Å². The minimum atomic E-state index is -2.09. The lowest BCUT2D eigenvalue weighted by molar-refractivity contribution is -0.318. The summed E-state index contributed by atoms with van der Waals surface area (Å²) in [6.07, 6.45) is -24.4. The van der Waals surface area contributed by atoms with Crippen molar-refractivity contribution in [3.8, 4) is 45.8 Å². The van der Waals surface area contributed by atoms with Crippen molar-refractivity contribution < 1.29 is 99.2 Å². The lowest BCUT2D eigenvalue weighted by atomic mass is 9.98. The van der Waals surface area contributed by atoms with Gasteiger partial charge in [0, 0.05) is 17.7 Å². The van der Waals surface area contributed by atoms with E-state index < -0.39 is 150 Å². The van der Waals surface area contributed by atoms with Crippen LogP contribution in [0.2, 0.25) is 0 Å². The smallest absolute Gasteiger partial charge is 0.239 e. The SMILES string of the molecule is C[C@@H]1O[C@@H](OC[C@H]2O[C@@H](Oc3c(-c4cc(O)c(O)c(O)c4)oc4cc(O[C@@H]5O[C@@H](C)[C@H](O)[C@@H](O)[C@H]5O)cc(O)c4c3=O)[C@H](O)[C@@H](O)[C@@H]2O)[C@H](O)[C@H](O)[C@H]1O. The molecular weight excluding hydrogens is 732 g/mol. The Labute approximate surface area is 303 Å². The number of ether oxygens (including phenoxy) is 6. The summed E-state index contributed by atoms with van der Waals surface area (Å²) in [6, 6.07) is 3.67. The number of fused-ring (bicyclic) bond motifs is 1. The Morgan fingerprint density at radius 1 is 0.593 bits per heavy atom. The summed E-state index contributed by atoms with van der Waals surface area (Å²) in [5.41, 5.74) is -1.95. The quantitative estimate of drug-likeness (QED) is 0.0989. The Morgan fingerprint density at radius 3 is 1.70 bits per heavy atom. The van der Waals surface area contributed by atoms with Crippen LogP contribution in [0.4, 0.5) is 0 Å². The predicted octanol–water partition coefficient (Wildman–Crippen LogP) is -3.48. The molecule has 15 atom stereocenters. The fourth-order valence-corrected chi connectivity index (χ4v) is 6.21. The number of aliphatic hydroxyl groups is 9. The number of phenolic OH excluding ortho intramolecular Hbond substituents is 4. The van der Waals surface area contributed by atoms with Gasteiger partial charge >= 0.3 is 0 Å². The maximum atomic E-state index is 14.1. The zero-order chi connectivity index (χ0) is 39.5. The number of phenols is 4. The third-order valence-corrected chi connectivity index (χ3v) is 9.43. The van der Waals surface area contributed by atoms with Crippen LogP contribution in [0.15, 0.2) is 33.5 Å². The molecule has 21 heteroatoms. The zero-order valence-electron chi connectivity index (χ0n) is 28.3. The van der Waals surface area contributed by atoms with Crippen molar-refractivity contribution in [3.05, 3.63) is 34.5 Å². The molecule has 4 heterocycles. The summed E-state index contributed by atoms with van der Waals surface area (Å²) in [6.45, 7) is 2.11. The molecule has 0 radical (unpaired) electrons. The molecule has 0 spiro atoms. The lowest BCUT2D eigenvalue weighted by Gasteiger charge is -2.42. The molecule has 0 amide bonds. The fourth-order valence-electron chi connectivity index (χ4n) is 6.21. The molecule has 3 aliphatic heterocycles. The number of benzene rings is 2. The first-order valence-corrected chi connectivity index (χ1v) is 16.5. The van der Waals surface area contributed by atoms with Crippen LogP contribution in [0.3, 0.4) is 0 Å². The standard InChI is InChI=1S/C33H40O21/c1-8-18(37)23(42)26(45)31(49-8)48-7-16-21(40)25(44)28(47)33(53-16)54-30-22(41)17-12(34)5-11(51-32-27(46)24(43)19(38)9(2)50-32)6-15(17)52-29(30)10-3-13(35)20(39)14(36)4-10/h3-6,8-9,16,18-19,21,23-28,31-40,42-47H,7H2,1-2H3/t8-,9-,16+,18-,19-,21+,23+,24+,25-,26+,27+,28+,31+,32-,33-/m0/s1. The number of aliphatic hydroxyl groups excluding tert-OH is 9. The Bertz CT molecular complexity index is 1860. The van der Waals surface area contributed by atoms with E-state index >= 15 is 0 Å². The summed E-state index contributed by atoms with van der Waals surface area (Å²) in [5.74, 6) is -5.30. The predicted molar refractivity (Wildman–Crippen MR) is 173 cm³/mol. The molecule has 0 bridgehead atoms. The van der Waals surface area contributed by atoms with Gasteiger partial charge in [-0.2, -0.15) is 0 Å². The van der Waals surface area contributed by atoms with Gasteiger partial charge in [0.15, 0.2) is 29.3 Å². The van der Waals surface area contributed by atoms with E-state index in [1.54, 1.807) is 0 Å². The van der Waals surface area contributed by atoms with E-state index in [-0.39, 0.29) is 11.3 Å². The molecular formula is C33H40O21. The van der Waals surface area contributed by atoms with Crippen LogP contribution in [0.5, 0.6) is 34.5 Å². The van der Waals surface area contributed by atoms with Gasteiger partial charge in [0.1, 0.15) is 83.5 Å². The molecule has 0 unspecified atom stereocenters. The Hall–Kier alpha value is -4.07. The number of aromatic hydroxyl groups is 4. The Kier molecular flexibility index (Phi) is 11.2. The summed E-state index contributed by atoms with van der Waals surface area (Å²) in [7, 11) is 0. The third kappa shape index (κ3) is 7.22. The molecule has 3 fully saturated rings.